The fourth-order valence-electron chi connectivity index (χ4n) is 5.41. The van der Waals surface area contributed by atoms with E-state index in [1.807, 2.05) is 29.2 Å². The minimum absolute atomic E-state index is 0.00225. The van der Waals surface area contributed by atoms with Crippen LogP contribution in [0.2, 0.25) is 0 Å². The lowest BCUT2D eigenvalue weighted by molar-refractivity contribution is 0.0608. The average Bonchev–Trinajstić information content (AvgIpc) is 3.20. The Kier molecular flexibility index (Phi) is 5.75. The summed E-state index contributed by atoms with van der Waals surface area (Å²) in [5.74, 6) is 0.269. The number of fused-ring (bicyclic) bond motifs is 1. The number of carbonyl (C=O) groups excluding carboxylic acids is 1. The van der Waals surface area contributed by atoms with E-state index in [0.717, 1.165) is 31.6 Å². The molecule has 0 N–H and O–H groups in total. The highest BCUT2D eigenvalue weighted by Crippen LogP contribution is 2.42. The van der Waals surface area contributed by atoms with Gasteiger partial charge in [-0.15, -0.1) is 0 Å². The van der Waals surface area contributed by atoms with Gasteiger partial charge in [0.1, 0.15) is 11.5 Å². The molecule has 4 nitrogen and oxygen atoms in total. The van der Waals surface area contributed by atoms with Crippen LogP contribution in [0.15, 0.2) is 72.9 Å². The van der Waals surface area contributed by atoms with Gasteiger partial charge in [-0.25, -0.2) is 4.39 Å². The van der Waals surface area contributed by atoms with E-state index in [-0.39, 0.29) is 23.7 Å². The van der Waals surface area contributed by atoms with Crippen molar-refractivity contribution in [2.24, 2.45) is 5.92 Å². The lowest BCUT2D eigenvalue weighted by atomic mass is 9.81. The highest BCUT2D eigenvalue weighted by Gasteiger charge is 2.47. The molecule has 2 aromatic carbocycles. The van der Waals surface area contributed by atoms with E-state index in [0.29, 0.717) is 18.2 Å². The molecule has 0 saturated carbocycles. The van der Waals surface area contributed by atoms with Crippen LogP contribution >= 0.6 is 0 Å². The van der Waals surface area contributed by atoms with Crippen LogP contribution in [-0.4, -0.2) is 46.4 Å². The summed E-state index contributed by atoms with van der Waals surface area (Å²) in [6, 6.07) is 21.0. The molecule has 1 amide bonds. The van der Waals surface area contributed by atoms with Gasteiger partial charge in [0.05, 0.1) is 0 Å². The Morgan fingerprint density at radius 2 is 1.81 bits per heavy atom. The summed E-state index contributed by atoms with van der Waals surface area (Å²) in [4.78, 5) is 22.2. The third-order valence-corrected chi connectivity index (χ3v) is 7.11. The molecule has 5 rings (SSSR count). The molecular weight excluding hydrogens is 401 g/mol. The zero-order chi connectivity index (χ0) is 22.1. The van der Waals surface area contributed by atoms with Crippen LogP contribution in [-0.2, 0) is 6.54 Å². The number of benzene rings is 2. The summed E-state index contributed by atoms with van der Waals surface area (Å²) >= 11 is 0. The second-order valence-corrected chi connectivity index (χ2v) is 9.01. The normalized spacial score (nSPS) is 23.2. The van der Waals surface area contributed by atoms with Gasteiger partial charge in [0.25, 0.3) is 5.91 Å². The van der Waals surface area contributed by atoms with E-state index in [1.54, 1.807) is 12.3 Å². The molecule has 0 spiro atoms. The number of hydrogen-bond donors (Lipinski definition) is 0. The van der Waals surface area contributed by atoms with Gasteiger partial charge >= 0.3 is 0 Å². The lowest BCUT2D eigenvalue weighted by Gasteiger charge is -2.39. The second kappa shape index (κ2) is 8.83. The van der Waals surface area contributed by atoms with Gasteiger partial charge in [0.2, 0.25) is 0 Å². The monoisotopic (exact) mass is 429 g/mol. The van der Waals surface area contributed by atoms with Crippen molar-refractivity contribution in [1.29, 1.82) is 0 Å². The number of rotatable bonds is 4. The SMILES string of the molecule is Cc1ccccc1CN1CC[C@H]2[C@@H](C1)[C@H](c1ccc(F)cc1)CN2C(=O)c1ccccn1. The summed E-state index contributed by atoms with van der Waals surface area (Å²) in [5.41, 5.74) is 4.26. The van der Waals surface area contributed by atoms with Gasteiger partial charge in [-0.3, -0.25) is 14.7 Å². The Morgan fingerprint density at radius 1 is 1.03 bits per heavy atom. The molecule has 2 aliphatic rings. The zero-order valence-corrected chi connectivity index (χ0v) is 18.3. The summed E-state index contributed by atoms with van der Waals surface area (Å²) in [7, 11) is 0. The molecule has 3 aromatic rings. The average molecular weight is 430 g/mol. The molecular formula is C27H28FN3O. The molecule has 3 heterocycles. The first kappa shape index (κ1) is 20.8. The second-order valence-electron chi connectivity index (χ2n) is 9.01. The van der Waals surface area contributed by atoms with Crippen molar-refractivity contribution in [3.8, 4) is 0 Å². The molecule has 164 valence electrons. The highest BCUT2D eigenvalue weighted by atomic mass is 19.1. The summed E-state index contributed by atoms with van der Waals surface area (Å²) in [6.45, 7) is 5.60. The number of halogens is 1. The largest absolute Gasteiger partial charge is 0.333 e. The fraction of sp³-hybridized carbons (Fsp3) is 0.333. The minimum Gasteiger partial charge on any atom is -0.333 e. The number of amides is 1. The zero-order valence-electron chi connectivity index (χ0n) is 18.3. The number of hydrogen-bond acceptors (Lipinski definition) is 3. The standard InChI is InChI=1S/C27H28FN3O/c1-19-6-2-3-7-21(19)16-30-15-13-26-24(17-30)23(20-9-11-22(28)12-10-20)18-31(26)27(32)25-8-4-5-14-29-25/h2-12,14,23-24,26H,13,15-18H2,1H3/t23-,24-,26-/m0/s1. The fourth-order valence-corrected chi connectivity index (χ4v) is 5.41. The van der Waals surface area contributed by atoms with Crippen LogP contribution in [0.5, 0.6) is 0 Å². The Morgan fingerprint density at radius 3 is 2.56 bits per heavy atom. The van der Waals surface area contributed by atoms with Crippen molar-refractivity contribution in [2.75, 3.05) is 19.6 Å². The van der Waals surface area contributed by atoms with E-state index >= 15 is 0 Å². The van der Waals surface area contributed by atoms with Crippen LogP contribution in [0, 0.1) is 18.7 Å². The van der Waals surface area contributed by atoms with E-state index in [4.69, 9.17) is 0 Å². The number of carbonyl (C=O) groups is 1. The van der Waals surface area contributed by atoms with Gasteiger partial charge in [-0.1, -0.05) is 42.5 Å². The summed E-state index contributed by atoms with van der Waals surface area (Å²) < 4.78 is 13.6. The smallest absolute Gasteiger partial charge is 0.272 e. The number of likely N-dealkylation sites (tertiary alicyclic amines) is 2. The van der Waals surface area contributed by atoms with E-state index in [1.165, 1.54) is 23.3 Å². The molecule has 0 unspecified atom stereocenters. The molecule has 2 saturated heterocycles. The predicted octanol–water partition coefficient (Wildman–Crippen LogP) is 4.66. The molecule has 2 aliphatic heterocycles. The number of aromatic nitrogens is 1. The molecule has 2 fully saturated rings. The Balaban J connectivity index is 1.42. The molecule has 32 heavy (non-hydrogen) atoms. The number of piperidine rings is 1. The lowest BCUT2D eigenvalue weighted by Crippen LogP contribution is -2.47. The maximum Gasteiger partial charge on any atom is 0.272 e. The van der Waals surface area contributed by atoms with Crippen molar-refractivity contribution >= 4 is 5.91 Å². The molecule has 0 aliphatic carbocycles. The van der Waals surface area contributed by atoms with Crippen molar-refractivity contribution < 1.29 is 9.18 Å². The predicted molar refractivity (Wildman–Crippen MR) is 123 cm³/mol. The molecule has 5 heteroatoms. The Bertz CT molecular complexity index is 1090. The van der Waals surface area contributed by atoms with Gasteiger partial charge in [0, 0.05) is 50.3 Å². The van der Waals surface area contributed by atoms with Crippen LogP contribution in [0.3, 0.4) is 0 Å². The van der Waals surface area contributed by atoms with Gasteiger partial charge in [-0.2, -0.15) is 0 Å². The van der Waals surface area contributed by atoms with Gasteiger partial charge in [0.15, 0.2) is 0 Å². The topological polar surface area (TPSA) is 36.4 Å². The van der Waals surface area contributed by atoms with E-state index < -0.39 is 0 Å². The minimum atomic E-state index is -0.227. The van der Waals surface area contributed by atoms with Crippen LogP contribution in [0.1, 0.15) is 39.5 Å². The Labute approximate surface area is 188 Å². The molecule has 1 aromatic heterocycles. The van der Waals surface area contributed by atoms with Gasteiger partial charge < -0.3 is 4.90 Å². The maximum atomic E-state index is 13.6. The van der Waals surface area contributed by atoms with Gasteiger partial charge in [-0.05, 0) is 54.3 Å². The number of nitrogens with zero attached hydrogens (tertiary/aromatic N) is 3. The van der Waals surface area contributed by atoms with E-state index in [9.17, 15) is 9.18 Å². The van der Waals surface area contributed by atoms with Crippen molar-refractivity contribution in [1.82, 2.24) is 14.8 Å². The van der Waals surface area contributed by atoms with Crippen LogP contribution in [0.4, 0.5) is 4.39 Å². The van der Waals surface area contributed by atoms with Crippen LogP contribution in [0.25, 0.3) is 0 Å². The van der Waals surface area contributed by atoms with Crippen molar-refractivity contribution in [3.05, 3.63) is 101 Å². The molecule has 3 atom stereocenters. The molecule has 0 radical (unpaired) electrons. The summed E-state index contributed by atoms with van der Waals surface area (Å²) in [6.07, 6.45) is 2.61. The third kappa shape index (κ3) is 4.05. The van der Waals surface area contributed by atoms with E-state index in [2.05, 4.69) is 41.1 Å². The number of aryl methyl sites for hydroxylation is 1. The number of pyridine rings is 1. The maximum absolute atomic E-state index is 13.6. The van der Waals surface area contributed by atoms with Crippen molar-refractivity contribution in [2.45, 2.75) is 31.8 Å². The first-order valence-corrected chi connectivity index (χ1v) is 11.3. The molecule has 0 bridgehead atoms. The first-order valence-electron chi connectivity index (χ1n) is 11.3. The Hall–Kier alpha value is -3.05. The first-order chi connectivity index (χ1) is 15.6. The summed E-state index contributed by atoms with van der Waals surface area (Å²) in [5, 5.41) is 0. The third-order valence-electron chi connectivity index (χ3n) is 7.11. The highest BCUT2D eigenvalue weighted by molar-refractivity contribution is 5.92. The van der Waals surface area contributed by atoms with Crippen LogP contribution < -0.4 is 0 Å². The quantitative estimate of drug-likeness (QED) is 0.605. The van der Waals surface area contributed by atoms with Crippen molar-refractivity contribution in [3.63, 3.8) is 0 Å².